The summed E-state index contributed by atoms with van der Waals surface area (Å²) in [6.45, 7) is 2.85. The van der Waals surface area contributed by atoms with E-state index in [1.807, 2.05) is 48.5 Å². The second kappa shape index (κ2) is 6.75. The molecule has 0 bridgehead atoms. The molecule has 3 nitrogen and oxygen atoms in total. The highest BCUT2D eigenvalue weighted by atomic mass is 16.5. The van der Waals surface area contributed by atoms with E-state index in [0.29, 0.717) is 6.61 Å². The predicted octanol–water partition coefficient (Wildman–Crippen LogP) is 3.82. The monoisotopic (exact) mass is 268 g/mol. The smallest absolute Gasteiger partial charge is 0.123 e. The number of benzene rings is 2. The molecule has 3 N–H and O–H groups in total. The Kier molecular flexibility index (Phi) is 4.77. The number of amidine groups is 1. The zero-order chi connectivity index (χ0) is 14.4. The number of unbranched alkanes of at least 4 members (excludes halogenated alkanes) is 1. The van der Waals surface area contributed by atoms with Crippen LogP contribution >= 0.6 is 0 Å². The van der Waals surface area contributed by atoms with Crippen LogP contribution in [0.3, 0.4) is 0 Å². The van der Waals surface area contributed by atoms with Crippen molar-refractivity contribution in [3.05, 3.63) is 54.1 Å². The molecular weight excluding hydrogens is 248 g/mol. The van der Waals surface area contributed by atoms with Gasteiger partial charge >= 0.3 is 0 Å². The molecule has 0 fully saturated rings. The summed E-state index contributed by atoms with van der Waals surface area (Å²) >= 11 is 0. The second-order valence-electron chi connectivity index (χ2n) is 4.69. The third-order valence-corrected chi connectivity index (χ3v) is 3.13. The average molecular weight is 268 g/mol. The van der Waals surface area contributed by atoms with Gasteiger partial charge in [0.05, 0.1) is 6.61 Å². The predicted molar refractivity (Wildman–Crippen MR) is 83.3 cm³/mol. The van der Waals surface area contributed by atoms with E-state index in [1.54, 1.807) is 0 Å². The molecule has 0 aliphatic carbocycles. The molecule has 2 rings (SSSR count). The molecule has 0 heterocycles. The molecule has 3 heteroatoms. The van der Waals surface area contributed by atoms with E-state index in [4.69, 9.17) is 15.9 Å². The quantitative estimate of drug-likeness (QED) is 0.475. The molecular formula is C17H20N2O. The number of rotatable bonds is 6. The van der Waals surface area contributed by atoms with Crippen LogP contribution in [0.25, 0.3) is 11.1 Å². The van der Waals surface area contributed by atoms with Gasteiger partial charge in [-0.2, -0.15) is 0 Å². The van der Waals surface area contributed by atoms with Gasteiger partial charge in [-0.1, -0.05) is 43.7 Å². The number of ether oxygens (including phenoxy) is 1. The fraction of sp³-hybridized carbons (Fsp3) is 0.235. The van der Waals surface area contributed by atoms with E-state index in [-0.39, 0.29) is 5.84 Å². The lowest BCUT2D eigenvalue weighted by Gasteiger charge is -2.12. The maximum absolute atomic E-state index is 7.70. The van der Waals surface area contributed by atoms with Crippen molar-refractivity contribution in [2.75, 3.05) is 6.61 Å². The molecule has 2 aromatic rings. The first-order valence-corrected chi connectivity index (χ1v) is 6.89. The fourth-order valence-corrected chi connectivity index (χ4v) is 2.04. The summed E-state index contributed by atoms with van der Waals surface area (Å²) in [5.41, 5.74) is 8.38. The van der Waals surface area contributed by atoms with Crippen molar-refractivity contribution in [3.63, 3.8) is 0 Å². The third kappa shape index (κ3) is 3.38. The highest BCUT2D eigenvalue weighted by Crippen LogP contribution is 2.28. The van der Waals surface area contributed by atoms with Gasteiger partial charge in [0.15, 0.2) is 0 Å². The van der Waals surface area contributed by atoms with Crippen molar-refractivity contribution >= 4 is 5.84 Å². The SMILES string of the molecule is CCCCOc1ccc(C(=N)N)c(-c2ccccc2)c1. The number of nitrogen functional groups attached to an aromatic ring is 1. The van der Waals surface area contributed by atoms with E-state index in [0.717, 1.165) is 35.3 Å². The van der Waals surface area contributed by atoms with Crippen molar-refractivity contribution in [2.45, 2.75) is 19.8 Å². The van der Waals surface area contributed by atoms with Gasteiger partial charge in [-0.25, -0.2) is 0 Å². The molecule has 0 radical (unpaired) electrons. The Hall–Kier alpha value is -2.29. The lowest BCUT2D eigenvalue weighted by atomic mass is 9.99. The Balaban J connectivity index is 2.35. The first kappa shape index (κ1) is 14.1. The number of nitrogens with two attached hydrogens (primary N) is 1. The van der Waals surface area contributed by atoms with Gasteiger partial charge in [-0.05, 0) is 35.7 Å². The van der Waals surface area contributed by atoms with E-state index >= 15 is 0 Å². The summed E-state index contributed by atoms with van der Waals surface area (Å²) in [7, 11) is 0. The normalized spacial score (nSPS) is 10.2. The van der Waals surface area contributed by atoms with Crippen LogP contribution in [-0.4, -0.2) is 12.4 Å². The van der Waals surface area contributed by atoms with Gasteiger partial charge in [0.2, 0.25) is 0 Å². The highest BCUT2D eigenvalue weighted by molar-refractivity contribution is 6.01. The molecule has 2 aromatic carbocycles. The van der Waals surface area contributed by atoms with Gasteiger partial charge in [0, 0.05) is 5.56 Å². The van der Waals surface area contributed by atoms with Crippen LogP contribution in [0.5, 0.6) is 5.75 Å². The zero-order valence-electron chi connectivity index (χ0n) is 11.7. The van der Waals surface area contributed by atoms with E-state index in [9.17, 15) is 0 Å². The van der Waals surface area contributed by atoms with Crippen LogP contribution in [-0.2, 0) is 0 Å². The van der Waals surface area contributed by atoms with Crippen molar-refractivity contribution in [1.29, 1.82) is 5.41 Å². The summed E-state index contributed by atoms with van der Waals surface area (Å²) in [4.78, 5) is 0. The van der Waals surface area contributed by atoms with E-state index < -0.39 is 0 Å². The summed E-state index contributed by atoms with van der Waals surface area (Å²) in [6.07, 6.45) is 2.15. The Bertz CT molecular complexity index is 579. The van der Waals surface area contributed by atoms with Gasteiger partial charge < -0.3 is 10.5 Å². The molecule has 0 aliphatic heterocycles. The van der Waals surface area contributed by atoms with E-state index in [1.165, 1.54) is 0 Å². The average Bonchev–Trinajstić information content (AvgIpc) is 2.48. The Morgan fingerprint density at radius 3 is 2.55 bits per heavy atom. The van der Waals surface area contributed by atoms with Crippen LogP contribution in [0, 0.1) is 5.41 Å². The summed E-state index contributed by atoms with van der Waals surface area (Å²) in [5, 5.41) is 7.70. The van der Waals surface area contributed by atoms with Crippen LogP contribution in [0.15, 0.2) is 48.5 Å². The Morgan fingerprint density at radius 2 is 1.90 bits per heavy atom. The van der Waals surface area contributed by atoms with Crippen LogP contribution in [0.1, 0.15) is 25.3 Å². The van der Waals surface area contributed by atoms with Crippen LogP contribution < -0.4 is 10.5 Å². The van der Waals surface area contributed by atoms with Crippen molar-refractivity contribution in [3.8, 4) is 16.9 Å². The van der Waals surface area contributed by atoms with Crippen molar-refractivity contribution in [1.82, 2.24) is 0 Å². The van der Waals surface area contributed by atoms with Crippen LogP contribution in [0.4, 0.5) is 0 Å². The molecule has 0 aliphatic rings. The van der Waals surface area contributed by atoms with E-state index in [2.05, 4.69) is 6.92 Å². The number of nitrogens with one attached hydrogen (secondary N) is 1. The highest BCUT2D eigenvalue weighted by Gasteiger charge is 2.09. The topological polar surface area (TPSA) is 59.1 Å². The lowest BCUT2D eigenvalue weighted by molar-refractivity contribution is 0.309. The molecule has 0 saturated heterocycles. The Morgan fingerprint density at radius 1 is 1.15 bits per heavy atom. The molecule has 0 saturated carbocycles. The number of hydrogen-bond acceptors (Lipinski definition) is 2. The summed E-state index contributed by atoms with van der Waals surface area (Å²) in [6, 6.07) is 15.6. The van der Waals surface area contributed by atoms with Gasteiger partial charge in [-0.3, -0.25) is 5.41 Å². The molecule has 0 amide bonds. The molecule has 0 atom stereocenters. The molecule has 20 heavy (non-hydrogen) atoms. The summed E-state index contributed by atoms with van der Waals surface area (Å²) < 4.78 is 5.73. The molecule has 0 unspecified atom stereocenters. The maximum atomic E-state index is 7.70. The number of hydrogen-bond donors (Lipinski definition) is 2. The van der Waals surface area contributed by atoms with Gasteiger partial charge in [0.1, 0.15) is 11.6 Å². The maximum Gasteiger partial charge on any atom is 0.123 e. The first-order chi connectivity index (χ1) is 9.72. The van der Waals surface area contributed by atoms with Gasteiger partial charge in [0.25, 0.3) is 0 Å². The first-order valence-electron chi connectivity index (χ1n) is 6.89. The lowest BCUT2D eigenvalue weighted by Crippen LogP contribution is -2.12. The minimum absolute atomic E-state index is 0.0731. The summed E-state index contributed by atoms with van der Waals surface area (Å²) in [5.74, 6) is 0.895. The van der Waals surface area contributed by atoms with Crippen molar-refractivity contribution < 1.29 is 4.74 Å². The molecule has 0 spiro atoms. The van der Waals surface area contributed by atoms with Crippen molar-refractivity contribution in [2.24, 2.45) is 5.73 Å². The minimum Gasteiger partial charge on any atom is -0.494 e. The Labute approximate surface area is 119 Å². The fourth-order valence-electron chi connectivity index (χ4n) is 2.04. The standard InChI is InChI=1S/C17H20N2O/c1-2-3-11-20-14-9-10-15(17(18)19)16(12-14)13-7-5-4-6-8-13/h4-10,12H,2-3,11H2,1H3,(H3,18,19). The zero-order valence-corrected chi connectivity index (χ0v) is 11.7. The second-order valence-corrected chi connectivity index (χ2v) is 4.69. The largest absolute Gasteiger partial charge is 0.494 e. The third-order valence-electron chi connectivity index (χ3n) is 3.13. The van der Waals surface area contributed by atoms with Crippen LogP contribution in [0.2, 0.25) is 0 Å². The molecule has 0 aromatic heterocycles. The van der Waals surface area contributed by atoms with Gasteiger partial charge in [-0.15, -0.1) is 0 Å². The molecule has 104 valence electrons. The minimum atomic E-state index is 0.0731.